The Kier molecular flexibility index (Phi) is 4.48. The second kappa shape index (κ2) is 6.31. The van der Waals surface area contributed by atoms with Crippen molar-refractivity contribution in [3.63, 3.8) is 0 Å². The van der Waals surface area contributed by atoms with Gasteiger partial charge < -0.3 is 21.1 Å². The molecule has 1 aromatic carbocycles. The summed E-state index contributed by atoms with van der Waals surface area (Å²) in [6, 6.07) is 5.49. The number of benzene rings is 1. The molecule has 6 nitrogen and oxygen atoms in total. The van der Waals surface area contributed by atoms with Gasteiger partial charge in [-0.05, 0) is 18.1 Å². The number of hydrogen-bond acceptors (Lipinski definition) is 4. The average Bonchev–Trinajstić information content (AvgIpc) is 2.87. The predicted octanol–water partition coefficient (Wildman–Crippen LogP) is -0.0687. The molecule has 0 saturated heterocycles. The molecular weight excluding hydrogens is 244 g/mol. The highest BCUT2D eigenvalue weighted by Gasteiger charge is 2.13. The smallest absolute Gasteiger partial charge is 0.221 e. The van der Waals surface area contributed by atoms with Crippen molar-refractivity contribution in [2.45, 2.75) is 18.9 Å². The van der Waals surface area contributed by atoms with Gasteiger partial charge in [-0.2, -0.15) is 0 Å². The average molecular weight is 262 g/mol. The molecule has 0 bridgehead atoms. The van der Waals surface area contributed by atoms with Crippen LogP contribution in [0.25, 0.3) is 11.0 Å². The fraction of sp³-hybridized carbons (Fsp3) is 0.385. The second-order valence-corrected chi connectivity index (χ2v) is 4.41. The van der Waals surface area contributed by atoms with Gasteiger partial charge in [0, 0.05) is 13.0 Å². The first-order valence-electron chi connectivity index (χ1n) is 6.26. The predicted molar refractivity (Wildman–Crippen MR) is 72.5 cm³/mol. The first kappa shape index (κ1) is 13.5. The standard InChI is InChI=1S/C13H18N4O2/c14-5-4-12(19)17-10(7-18)6-9-2-1-3-11-13(9)16-8-15-11/h1-3,8,10,18H,4-7,14H2,(H,15,16)(H,17,19)/t10-/m0/s1. The van der Waals surface area contributed by atoms with E-state index in [0.29, 0.717) is 13.0 Å². The summed E-state index contributed by atoms with van der Waals surface area (Å²) in [6.07, 6.45) is 2.44. The zero-order valence-corrected chi connectivity index (χ0v) is 10.6. The van der Waals surface area contributed by atoms with E-state index in [1.807, 2.05) is 18.2 Å². The highest BCUT2D eigenvalue weighted by atomic mass is 16.3. The van der Waals surface area contributed by atoms with Crippen molar-refractivity contribution in [2.75, 3.05) is 13.2 Å². The minimum absolute atomic E-state index is 0.114. The highest BCUT2D eigenvalue weighted by Crippen LogP contribution is 2.16. The second-order valence-electron chi connectivity index (χ2n) is 4.41. The summed E-state index contributed by atoms with van der Waals surface area (Å²) < 4.78 is 0. The van der Waals surface area contributed by atoms with Gasteiger partial charge in [0.25, 0.3) is 0 Å². The molecule has 0 aliphatic rings. The van der Waals surface area contributed by atoms with Crippen LogP contribution in [-0.4, -0.2) is 40.2 Å². The molecule has 0 unspecified atom stereocenters. The summed E-state index contributed by atoms with van der Waals surface area (Å²) in [7, 11) is 0. The summed E-state index contributed by atoms with van der Waals surface area (Å²) in [5.41, 5.74) is 8.13. The number of carbonyl (C=O) groups is 1. The van der Waals surface area contributed by atoms with E-state index in [-0.39, 0.29) is 25.0 Å². The summed E-state index contributed by atoms with van der Waals surface area (Å²) in [5.74, 6) is -0.143. The molecule has 19 heavy (non-hydrogen) atoms. The van der Waals surface area contributed by atoms with Crippen LogP contribution in [0.5, 0.6) is 0 Å². The van der Waals surface area contributed by atoms with Crippen molar-refractivity contribution in [1.29, 1.82) is 0 Å². The van der Waals surface area contributed by atoms with Gasteiger partial charge in [0.15, 0.2) is 0 Å². The van der Waals surface area contributed by atoms with E-state index in [1.165, 1.54) is 0 Å². The monoisotopic (exact) mass is 262 g/mol. The third-order valence-corrected chi connectivity index (χ3v) is 2.96. The van der Waals surface area contributed by atoms with Crippen LogP contribution in [0.4, 0.5) is 0 Å². The van der Waals surface area contributed by atoms with Crippen molar-refractivity contribution in [3.8, 4) is 0 Å². The van der Waals surface area contributed by atoms with E-state index in [4.69, 9.17) is 5.73 Å². The van der Waals surface area contributed by atoms with E-state index in [2.05, 4.69) is 15.3 Å². The van der Waals surface area contributed by atoms with Crippen molar-refractivity contribution < 1.29 is 9.90 Å². The third-order valence-electron chi connectivity index (χ3n) is 2.96. The number of nitrogens with two attached hydrogens (primary N) is 1. The van der Waals surface area contributed by atoms with E-state index >= 15 is 0 Å². The van der Waals surface area contributed by atoms with Crippen molar-refractivity contribution in [3.05, 3.63) is 30.1 Å². The molecule has 1 atom stereocenters. The van der Waals surface area contributed by atoms with Crippen LogP contribution >= 0.6 is 0 Å². The first-order chi connectivity index (χ1) is 9.24. The fourth-order valence-electron chi connectivity index (χ4n) is 2.05. The minimum atomic E-state index is -0.318. The molecule has 0 spiro atoms. The Balaban J connectivity index is 2.09. The van der Waals surface area contributed by atoms with Crippen molar-refractivity contribution in [1.82, 2.24) is 15.3 Å². The number of nitrogens with zero attached hydrogens (tertiary/aromatic N) is 1. The van der Waals surface area contributed by atoms with Crippen molar-refractivity contribution in [2.24, 2.45) is 5.73 Å². The molecule has 1 amide bonds. The van der Waals surface area contributed by atoms with Gasteiger partial charge in [-0.15, -0.1) is 0 Å². The van der Waals surface area contributed by atoms with Crippen molar-refractivity contribution >= 4 is 16.9 Å². The Morgan fingerprint density at radius 3 is 3.11 bits per heavy atom. The number of H-pyrrole nitrogens is 1. The van der Waals surface area contributed by atoms with E-state index in [1.54, 1.807) is 6.33 Å². The number of hydrogen-bond donors (Lipinski definition) is 4. The van der Waals surface area contributed by atoms with Crippen LogP contribution in [0.2, 0.25) is 0 Å². The maximum absolute atomic E-state index is 11.5. The number of carbonyl (C=O) groups excluding carboxylic acids is 1. The Labute approximate surface area is 111 Å². The molecule has 6 heteroatoms. The molecule has 0 fully saturated rings. The molecular formula is C13H18N4O2. The van der Waals surface area contributed by atoms with E-state index < -0.39 is 0 Å². The summed E-state index contributed by atoms with van der Waals surface area (Å²) >= 11 is 0. The Bertz CT molecular complexity index is 552. The zero-order chi connectivity index (χ0) is 13.7. The van der Waals surface area contributed by atoms with Crippen LogP contribution < -0.4 is 11.1 Å². The highest BCUT2D eigenvalue weighted by molar-refractivity contribution is 5.79. The third kappa shape index (κ3) is 3.30. The molecule has 2 aromatic rings. The number of aliphatic hydroxyl groups excluding tert-OH is 1. The summed E-state index contributed by atoms with van der Waals surface area (Å²) in [6.45, 7) is 0.191. The number of nitrogens with one attached hydrogen (secondary N) is 2. The SMILES string of the molecule is NCCC(=O)N[C@H](CO)Cc1cccc2[nH]cnc12. The number of amides is 1. The van der Waals surface area contributed by atoms with Crippen LogP contribution in [0, 0.1) is 0 Å². The summed E-state index contributed by atoms with van der Waals surface area (Å²) in [4.78, 5) is 18.8. The number of aliphatic hydroxyl groups is 1. The van der Waals surface area contributed by atoms with Gasteiger partial charge in [-0.1, -0.05) is 12.1 Å². The molecule has 0 aliphatic heterocycles. The van der Waals surface area contributed by atoms with Crippen LogP contribution in [0.1, 0.15) is 12.0 Å². The number of aromatic amines is 1. The maximum Gasteiger partial charge on any atom is 0.221 e. The van der Waals surface area contributed by atoms with Crippen LogP contribution in [-0.2, 0) is 11.2 Å². The Morgan fingerprint density at radius 1 is 1.53 bits per heavy atom. The molecule has 0 aliphatic carbocycles. The quantitative estimate of drug-likeness (QED) is 0.585. The molecule has 102 valence electrons. The molecule has 1 heterocycles. The summed E-state index contributed by atoms with van der Waals surface area (Å²) in [5, 5.41) is 12.1. The number of imidazole rings is 1. The molecule has 0 radical (unpaired) electrons. The normalized spacial score (nSPS) is 12.5. The van der Waals surface area contributed by atoms with Gasteiger partial charge >= 0.3 is 0 Å². The number of rotatable bonds is 6. The van der Waals surface area contributed by atoms with Gasteiger partial charge in [-0.3, -0.25) is 4.79 Å². The first-order valence-corrected chi connectivity index (χ1v) is 6.26. The number of aromatic nitrogens is 2. The zero-order valence-electron chi connectivity index (χ0n) is 10.6. The lowest BCUT2D eigenvalue weighted by Gasteiger charge is -2.16. The van der Waals surface area contributed by atoms with Crippen LogP contribution in [0.15, 0.2) is 24.5 Å². The lowest BCUT2D eigenvalue weighted by Crippen LogP contribution is -2.39. The Morgan fingerprint density at radius 2 is 2.37 bits per heavy atom. The van der Waals surface area contributed by atoms with Gasteiger partial charge in [-0.25, -0.2) is 4.98 Å². The van der Waals surface area contributed by atoms with Gasteiger partial charge in [0.05, 0.1) is 30.0 Å². The van der Waals surface area contributed by atoms with E-state index in [0.717, 1.165) is 16.6 Å². The molecule has 5 N–H and O–H groups in total. The van der Waals surface area contributed by atoms with E-state index in [9.17, 15) is 9.90 Å². The maximum atomic E-state index is 11.5. The Hall–Kier alpha value is -1.92. The lowest BCUT2D eigenvalue weighted by atomic mass is 10.0. The number of para-hydroxylation sites is 1. The fourth-order valence-corrected chi connectivity index (χ4v) is 2.05. The minimum Gasteiger partial charge on any atom is -0.394 e. The molecule has 2 rings (SSSR count). The molecule has 0 saturated carbocycles. The largest absolute Gasteiger partial charge is 0.394 e. The van der Waals surface area contributed by atoms with Crippen LogP contribution in [0.3, 0.4) is 0 Å². The number of fused-ring (bicyclic) bond motifs is 1. The van der Waals surface area contributed by atoms with Gasteiger partial charge in [0.2, 0.25) is 5.91 Å². The molecule has 1 aromatic heterocycles. The van der Waals surface area contributed by atoms with Gasteiger partial charge in [0.1, 0.15) is 0 Å². The lowest BCUT2D eigenvalue weighted by molar-refractivity contribution is -0.121. The topological polar surface area (TPSA) is 104 Å².